The van der Waals surface area contributed by atoms with Gasteiger partial charge in [-0.1, -0.05) is 12.1 Å². The first kappa shape index (κ1) is 19.5. The van der Waals surface area contributed by atoms with E-state index < -0.39 is 17.3 Å². The zero-order chi connectivity index (χ0) is 21.6. The molecule has 0 bridgehead atoms. The van der Waals surface area contributed by atoms with Crippen LogP contribution in [0.1, 0.15) is 24.2 Å². The lowest BCUT2D eigenvalue weighted by Gasteiger charge is -2.37. The minimum Gasteiger partial charge on any atom is -0.382 e. The van der Waals surface area contributed by atoms with Gasteiger partial charge in [0, 0.05) is 25.9 Å². The normalized spacial score (nSPS) is 16.7. The van der Waals surface area contributed by atoms with Crippen LogP contribution < -0.4 is 4.90 Å². The third kappa shape index (κ3) is 3.50. The van der Waals surface area contributed by atoms with Gasteiger partial charge in [-0.3, -0.25) is 0 Å². The first-order valence-electron chi connectivity index (χ1n) is 9.68. The van der Waals surface area contributed by atoms with Crippen molar-refractivity contribution in [3.8, 4) is 11.3 Å². The number of fused-ring (bicyclic) bond motifs is 1. The van der Waals surface area contributed by atoms with Crippen LogP contribution in [-0.4, -0.2) is 48.1 Å². The van der Waals surface area contributed by atoms with Crippen LogP contribution in [0.25, 0.3) is 22.4 Å². The largest absolute Gasteiger partial charge is 0.416 e. The van der Waals surface area contributed by atoms with Gasteiger partial charge in [0.1, 0.15) is 23.3 Å². The molecule has 4 heterocycles. The monoisotopic (exact) mass is 429 g/mol. The smallest absolute Gasteiger partial charge is 0.382 e. The van der Waals surface area contributed by atoms with Gasteiger partial charge in [0.25, 0.3) is 0 Å². The van der Waals surface area contributed by atoms with Crippen LogP contribution in [0.15, 0.2) is 43.1 Å². The first-order chi connectivity index (χ1) is 14.8. The number of anilines is 1. The standard InChI is InChI=1S/C20H18F3N7O/c21-20(22,23)13-3-1-12(2-4-13)14-9-24-18(29-14)19(31)5-7-30(8-6-19)17-15-16(26-10-25-15)27-11-28-17/h1-4,9-11,31H,5-8H2,(H,24,29)(H,25,26,27,28). The number of aliphatic hydroxyl groups is 1. The van der Waals surface area contributed by atoms with Crippen LogP contribution in [0.4, 0.5) is 19.0 Å². The summed E-state index contributed by atoms with van der Waals surface area (Å²) < 4.78 is 38.3. The van der Waals surface area contributed by atoms with Gasteiger partial charge in [0.15, 0.2) is 11.5 Å². The summed E-state index contributed by atoms with van der Waals surface area (Å²) in [6.45, 7) is 1.08. The highest BCUT2D eigenvalue weighted by Gasteiger charge is 2.37. The summed E-state index contributed by atoms with van der Waals surface area (Å²) >= 11 is 0. The Morgan fingerprint density at radius 2 is 1.74 bits per heavy atom. The molecule has 3 aromatic heterocycles. The van der Waals surface area contributed by atoms with Gasteiger partial charge < -0.3 is 20.0 Å². The van der Waals surface area contributed by atoms with E-state index in [4.69, 9.17) is 0 Å². The maximum Gasteiger partial charge on any atom is 0.416 e. The summed E-state index contributed by atoms with van der Waals surface area (Å²) in [6, 6.07) is 4.83. The van der Waals surface area contributed by atoms with Gasteiger partial charge in [0.05, 0.1) is 23.8 Å². The topological polar surface area (TPSA) is 107 Å². The van der Waals surface area contributed by atoms with Gasteiger partial charge in [0.2, 0.25) is 0 Å². The number of rotatable bonds is 3. The number of hydrogen-bond donors (Lipinski definition) is 3. The number of hydrogen-bond acceptors (Lipinski definition) is 6. The van der Waals surface area contributed by atoms with E-state index in [0.717, 1.165) is 23.5 Å². The number of benzene rings is 1. The number of halogens is 3. The molecule has 1 fully saturated rings. The summed E-state index contributed by atoms with van der Waals surface area (Å²) in [4.78, 5) is 25.1. The van der Waals surface area contributed by atoms with Crippen molar-refractivity contribution < 1.29 is 18.3 Å². The molecule has 0 saturated carbocycles. The minimum atomic E-state index is -4.38. The predicted molar refractivity (Wildman–Crippen MR) is 106 cm³/mol. The lowest BCUT2D eigenvalue weighted by atomic mass is 9.90. The maximum absolute atomic E-state index is 12.8. The summed E-state index contributed by atoms with van der Waals surface area (Å²) in [5.74, 6) is 1.13. The van der Waals surface area contributed by atoms with Gasteiger partial charge in [-0.25, -0.2) is 19.9 Å². The van der Waals surface area contributed by atoms with Crippen molar-refractivity contribution >= 4 is 17.0 Å². The molecule has 0 aliphatic carbocycles. The van der Waals surface area contributed by atoms with Crippen molar-refractivity contribution in [1.82, 2.24) is 29.9 Å². The Hall–Kier alpha value is -3.47. The maximum atomic E-state index is 12.8. The molecular weight excluding hydrogens is 411 g/mol. The second-order valence-corrected chi connectivity index (χ2v) is 7.54. The van der Waals surface area contributed by atoms with Gasteiger partial charge in [-0.15, -0.1) is 0 Å². The van der Waals surface area contributed by atoms with Crippen LogP contribution in [0, 0.1) is 0 Å². The first-order valence-corrected chi connectivity index (χ1v) is 9.68. The number of H-pyrrole nitrogens is 2. The van der Waals surface area contributed by atoms with Crippen molar-refractivity contribution in [2.24, 2.45) is 0 Å². The summed E-state index contributed by atoms with van der Waals surface area (Å²) in [7, 11) is 0. The van der Waals surface area contributed by atoms with Gasteiger partial charge in [-0.2, -0.15) is 13.2 Å². The van der Waals surface area contributed by atoms with E-state index in [2.05, 4.69) is 34.8 Å². The molecule has 5 rings (SSSR count). The van der Waals surface area contributed by atoms with Crippen LogP contribution >= 0.6 is 0 Å². The molecule has 0 atom stereocenters. The highest BCUT2D eigenvalue weighted by molar-refractivity contribution is 5.82. The Balaban J connectivity index is 1.33. The fraction of sp³-hybridized carbons (Fsp3) is 0.300. The molecule has 1 saturated heterocycles. The molecule has 1 aliphatic rings. The number of aromatic nitrogens is 6. The Morgan fingerprint density at radius 1 is 1.00 bits per heavy atom. The Morgan fingerprint density at radius 3 is 2.45 bits per heavy atom. The molecule has 0 amide bonds. The van der Waals surface area contributed by atoms with E-state index in [0.29, 0.717) is 48.7 Å². The van der Waals surface area contributed by atoms with Crippen LogP contribution in [0.2, 0.25) is 0 Å². The molecule has 3 N–H and O–H groups in total. The molecule has 160 valence electrons. The third-order valence-electron chi connectivity index (χ3n) is 5.63. The molecule has 11 heteroatoms. The molecule has 31 heavy (non-hydrogen) atoms. The fourth-order valence-corrected chi connectivity index (χ4v) is 3.86. The van der Waals surface area contributed by atoms with Crippen molar-refractivity contribution in [3.05, 3.63) is 54.5 Å². The summed E-state index contributed by atoms with van der Waals surface area (Å²) in [5, 5.41) is 11.2. The van der Waals surface area contributed by atoms with E-state index in [-0.39, 0.29) is 0 Å². The highest BCUT2D eigenvalue weighted by atomic mass is 19.4. The lowest BCUT2D eigenvalue weighted by molar-refractivity contribution is -0.137. The number of nitrogens with one attached hydrogen (secondary N) is 2. The van der Waals surface area contributed by atoms with Gasteiger partial charge >= 0.3 is 6.18 Å². The Bertz CT molecular complexity index is 1210. The highest BCUT2D eigenvalue weighted by Crippen LogP contribution is 2.35. The summed E-state index contributed by atoms with van der Waals surface area (Å²) in [5.41, 5.74) is 0.567. The fourth-order valence-electron chi connectivity index (χ4n) is 3.86. The van der Waals surface area contributed by atoms with Gasteiger partial charge in [-0.05, 0) is 17.7 Å². The van der Waals surface area contributed by atoms with E-state index >= 15 is 0 Å². The van der Waals surface area contributed by atoms with Crippen molar-refractivity contribution in [3.63, 3.8) is 0 Å². The van der Waals surface area contributed by atoms with E-state index in [1.807, 2.05) is 0 Å². The predicted octanol–water partition coefficient (Wildman–Crippen LogP) is 3.25. The van der Waals surface area contributed by atoms with E-state index in [1.165, 1.54) is 24.7 Å². The molecule has 1 aromatic carbocycles. The third-order valence-corrected chi connectivity index (χ3v) is 5.63. The molecular formula is C20H18F3N7O. The number of nitrogens with zero attached hydrogens (tertiary/aromatic N) is 5. The van der Waals surface area contributed by atoms with Crippen LogP contribution in [0.3, 0.4) is 0 Å². The second kappa shape index (κ2) is 7.05. The Labute approximate surface area is 174 Å². The van der Waals surface area contributed by atoms with E-state index in [9.17, 15) is 18.3 Å². The minimum absolute atomic E-state index is 0.399. The van der Waals surface area contributed by atoms with Crippen molar-refractivity contribution in [2.75, 3.05) is 18.0 Å². The molecule has 0 unspecified atom stereocenters. The lowest BCUT2D eigenvalue weighted by Crippen LogP contribution is -2.43. The van der Waals surface area contributed by atoms with Crippen molar-refractivity contribution in [2.45, 2.75) is 24.6 Å². The quantitative estimate of drug-likeness (QED) is 0.462. The van der Waals surface area contributed by atoms with E-state index in [1.54, 1.807) is 6.33 Å². The number of alkyl halides is 3. The molecule has 8 nitrogen and oxygen atoms in total. The number of piperidine rings is 1. The SMILES string of the molecule is OC1(c2ncc(-c3ccc(C(F)(F)F)cc3)[nH]2)CCN(c2ncnc3nc[nH]c23)CC1. The molecule has 1 aliphatic heterocycles. The second-order valence-electron chi connectivity index (χ2n) is 7.54. The average Bonchev–Trinajstić information content (AvgIpc) is 3.44. The molecule has 4 aromatic rings. The van der Waals surface area contributed by atoms with Crippen LogP contribution in [-0.2, 0) is 11.8 Å². The average molecular weight is 429 g/mol. The van der Waals surface area contributed by atoms with Crippen molar-refractivity contribution in [1.29, 1.82) is 0 Å². The van der Waals surface area contributed by atoms with Crippen LogP contribution in [0.5, 0.6) is 0 Å². The Kier molecular flexibility index (Phi) is 4.43. The zero-order valence-corrected chi connectivity index (χ0v) is 16.2. The number of aromatic amines is 2. The number of imidazole rings is 2. The molecule has 0 spiro atoms. The molecule has 0 radical (unpaired) electrons. The summed E-state index contributed by atoms with van der Waals surface area (Å²) in [6.07, 6.45) is 0.989. The zero-order valence-electron chi connectivity index (χ0n) is 16.2.